The molecular weight excluding hydrogens is 377 g/mol. The van der Waals surface area contributed by atoms with Crippen LogP contribution in [0.4, 0.5) is 13.2 Å². The number of carbonyl (C=O) groups excluding carboxylic acids is 2. The summed E-state index contributed by atoms with van der Waals surface area (Å²) in [6, 6.07) is 9.15. The zero-order chi connectivity index (χ0) is 20.7. The lowest BCUT2D eigenvalue weighted by Gasteiger charge is -2.11. The Kier molecular flexibility index (Phi) is 7.20. The molecule has 0 N–H and O–H groups in total. The maximum absolute atomic E-state index is 13.6. The molecule has 0 aliphatic carbocycles. The molecule has 8 heteroatoms. The van der Waals surface area contributed by atoms with Gasteiger partial charge < -0.3 is 14.2 Å². The fourth-order valence-corrected chi connectivity index (χ4v) is 2.25. The summed E-state index contributed by atoms with van der Waals surface area (Å²) in [7, 11) is 1.34. The SMILES string of the molecule is COc1ccc(/C=C/C(=O)O[C@H](C)C(=O)c2ccc(OC(F)F)cc2)cc1F. The van der Waals surface area contributed by atoms with E-state index in [9.17, 15) is 22.8 Å². The monoisotopic (exact) mass is 394 g/mol. The van der Waals surface area contributed by atoms with Crippen molar-refractivity contribution >= 4 is 17.8 Å². The first-order valence-electron chi connectivity index (χ1n) is 8.11. The molecule has 28 heavy (non-hydrogen) atoms. The number of alkyl halides is 2. The van der Waals surface area contributed by atoms with Crippen LogP contribution >= 0.6 is 0 Å². The van der Waals surface area contributed by atoms with Gasteiger partial charge in [-0.2, -0.15) is 8.78 Å². The zero-order valence-corrected chi connectivity index (χ0v) is 15.0. The van der Waals surface area contributed by atoms with E-state index < -0.39 is 30.3 Å². The lowest BCUT2D eigenvalue weighted by Crippen LogP contribution is -2.23. The first-order chi connectivity index (χ1) is 13.3. The van der Waals surface area contributed by atoms with Gasteiger partial charge in [0.2, 0.25) is 5.78 Å². The first-order valence-corrected chi connectivity index (χ1v) is 8.11. The molecule has 0 fully saturated rings. The molecule has 0 bridgehead atoms. The van der Waals surface area contributed by atoms with Crippen LogP contribution in [0.3, 0.4) is 0 Å². The molecule has 0 unspecified atom stereocenters. The van der Waals surface area contributed by atoms with Crippen molar-refractivity contribution in [3.05, 3.63) is 65.5 Å². The Labute approximate surface area is 159 Å². The predicted molar refractivity (Wildman–Crippen MR) is 94.9 cm³/mol. The number of rotatable bonds is 8. The molecule has 2 rings (SSSR count). The fourth-order valence-electron chi connectivity index (χ4n) is 2.25. The largest absolute Gasteiger partial charge is 0.494 e. The van der Waals surface area contributed by atoms with Crippen molar-refractivity contribution in [3.63, 3.8) is 0 Å². The van der Waals surface area contributed by atoms with Gasteiger partial charge in [0.1, 0.15) is 5.75 Å². The average molecular weight is 394 g/mol. The third-order valence-corrected chi connectivity index (χ3v) is 3.61. The lowest BCUT2D eigenvalue weighted by atomic mass is 10.1. The third-order valence-electron chi connectivity index (χ3n) is 3.61. The Morgan fingerprint density at radius 3 is 2.32 bits per heavy atom. The molecule has 0 aliphatic heterocycles. The number of carbonyl (C=O) groups is 2. The molecular formula is C20H17F3O5. The molecule has 5 nitrogen and oxygen atoms in total. The minimum atomic E-state index is -2.97. The van der Waals surface area contributed by atoms with Crippen LogP contribution < -0.4 is 9.47 Å². The summed E-state index contributed by atoms with van der Waals surface area (Å²) < 4.78 is 51.9. The second-order valence-corrected chi connectivity index (χ2v) is 5.57. The number of Topliss-reactive ketones (excluding diaryl/α,β-unsaturated/α-hetero) is 1. The van der Waals surface area contributed by atoms with Gasteiger partial charge in [0.15, 0.2) is 17.7 Å². The Balaban J connectivity index is 1.95. The van der Waals surface area contributed by atoms with E-state index in [0.717, 1.165) is 6.08 Å². The molecule has 2 aromatic rings. The first kappa shape index (κ1) is 21.0. The summed E-state index contributed by atoms with van der Waals surface area (Å²) in [6.07, 6.45) is 1.29. The topological polar surface area (TPSA) is 61.8 Å². The van der Waals surface area contributed by atoms with E-state index in [-0.39, 0.29) is 17.1 Å². The Morgan fingerprint density at radius 1 is 1.07 bits per heavy atom. The standard InChI is InChI=1S/C20H17F3O5/c1-12(19(25)14-5-7-15(8-6-14)28-20(22)23)27-18(24)10-4-13-3-9-17(26-2)16(21)11-13/h3-12,20H,1-2H3/b10-4+/t12-/m1/s1. The molecule has 0 aromatic heterocycles. The minimum Gasteiger partial charge on any atom is -0.494 e. The van der Waals surface area contributed by atoms with Gasteiger partial charge in [-0.15, -0.1) is 0 Å². The van der Waals surface area contributed by atoms with Crippen LogP contribution in [0.5, 0.6) is 11.5 Å². The van der Waals surface area contributed by atoms with Crippen molar-refractivity contribution in [1.29, 1.82) is 0 Å². The van der Waals surface area contributed by atoms with Crippen molar-refractivity contribution in [2.75, 3.05) is 7.11 Å². The van der Waals surface area contributed by atoms with E-state index in [1.165, 1.54) is 56.5 Å². The van der Waals surface area contributed by atoms with Gasteiger partial charge in [-0.3, -0.25) is 4.79 Å². The number of hydrogen-bond acceptors (Lipinski definition) is 5. The highest BCUT2D eigenvalue weighted by molar-refractivity contribution is 6.01. The summed E-state index contributed by atoms with van der Waals surface area (Å²) >= 11 is 0. The molecule has 0 heterocycles. The van der Waals surface area contributed by atoms with Crippen LogP contribution in [0.15, 0.2) is 48.5 Å². The van der Waals surface area contributed by atoms with Crippen molar-refractivity contribution < 1.29 is 37.0 Å². The van der Waals surface area contributed by atoms with E-state index in [0.29, 0.717) is 5.56 Å². The quantitative estimate of drug-likeness (QED) is 0.380. The highest BCUT2D eigenvalue weighted by atomic mass is 19.3. The minimum absolute atomic E-state index is 0.0731. The third kappa shape index (κ3) is 5.87. The van der Waals surface area contributed by atoms with Crippen LogP contribution in [0.1, 0.15) is 22.8 Å². The Morgan fingerprint density at radius 2 is 1.75 bits per heavy atom. The van der Waals surface area contributed by atoms with Crippen LogP contribution in [-0.4, -0.2) is 31.6 Å². The lowest BCUT2D eigenvalue weighted by molar-refractivity contribution is -0.140. The van der Waals surface area contributed by atoms with Gasteiger partial charge in [-0.1, -0.05) is 6.07 Å². The number of esters is 1. The van der Waals surface area contributed by atoms with Gasteiger partial charge in [0.05, 0.1) is 7.11 Å². The molecule has 148 valence electrons. The second-order valence-electron chi connectivity index (χ2n) is 5.57. The maximum Gasteiger partial charge on any atom is 0.387 e. The van der Waals surface area contributed by atoms with Gasteiger partial charge in [0.25, 0.3) is 0 Å². The van der Waals surface area contributed by atoms with Crippen LogP contribution in [0, 0.1) is 5.82 Å². The summed E-state index contributed by atoms with van der Waals surface area (Å²) in [6.45, 7) is -1.59. The molecule has 0 spiro atoms. The summed E-state index contributed by atoms with van der Waals surface area (Å²) in [5.41, 5.74) is 0.576. The fraction of sp³-hybridized carbons (Fsp3) is 0.200. The zero-order valence-electron chi connectivity index (χ0n) is 15.0. The Bertz CT molecular complexity index is 863. The number of ether oxygens (including phenoxy) is 3. The van der Waals surface area contributed by atoms with E-state index in [1.807, 2.05) is 0 Å². The van der Waals surface area contributed by atoms with Gasteiger partial charge >= 0.3 is 12.6 Å². The molecule has 0 radical (unpaired) electrons. The van der Waals surface area contributed by atoms with Crippen LogP contribution in [0.25, 0.3) is 6.08 Å². The van der Waals surface area contributed by atoms with E-state index in [4.69, 9.17) is 9.47 Å². The summed E-state index contributed by atoms with van der Waals surface area (Å²) in [4.78, 5) is 24.1. The predicted octanol–water partition coefficient (Wildman–Crippen LogP) is 4.26. The smallest absolute Gasteiger partial charge is 0.387 e. The van der Waals surface area contributed by atoms with Crippen molar-refractivity contribution in [1.82, 2.24) is 0 Å². The number of methoxy groups -OCH3 is 1. The van der Waals surface area contributed by atoms with E-state index in [1.54, 1.807) is 6.07 Å². The highest BCUT2D eigenvalue weighted by Crippen LogP contribution is 2.19. The molecule has 0 amide bonds. The molecule has 0 saturated carbocycles. The maximum atomic E-state index is 13.6. The number of hydrogen-bond donors (Lipinski definition) is 0. The molecule has 2 aromatic carbocycles. The van der Waals surface area contributed by atoms with Crippen molar-refractivity contribution in [2.45, 2.75) is 19.6 Å². The van der Waals surface area contributed by atoms with Crippen molar-refractivity contribution in [2.24, 2.45) is 0 Å². The normalized spacial score (nSPS) is 12.1. The number of ketones is 1. The number of benzene rings is 2. The summed E-state index contributed by atoms with van der Waals surface area (Å²) in [5.74, 6) is -1.91. The highest BCUT2D eigenvalue weighted by Gasteiger charge is 2.19. The second kappa shape index (κ2) is 9.59. The van der Waals surface area contributed by atoms with E-state index >= 15 is 0 Å². The number of halogens is 3. The van der Waals surface area contributed by atoms with Gasteiger partial charge in [-0.25, -0.2) is 9.18 Å². The van der Waals surface area contributed by atoms with Gasteiger partial charge in [-0.05, 0) is 55.0 Å². The van der Waals surface area contributed by atoms with E-state index in [2.05, 4.69) is 4.74 Å². The molecule has 0 aliphatic rings. The Hall–Kier alpha value is -3.29. The van der Waals surface area contributed by atoms with Crippen molar-refractivity contribution in [3.8, 4) is 11.5 Å². The molecule has 0 saturated heterocycles. The average Bonchev–Trinajstić information content (AvgIpc) is 2.66. The molecule has 1 atom stereocenters. The summed E-state index contributed by atoms with van der Waals surface area (Å²) in [5, 5.41) is 0. The van der Waals surface area contributed by atoms with Crippen LogP contribution in [-0.2, 0) is 9.53 Å². The van der Waals surface area contributed by atoms with Crippen LogP contribution in [0.2, 0.25) is 0 Å². The van der Waals surface area contributed by atoms with Gasteiger partial charge in [0, 0.05) is 11.6 Å².